The van der Waals surface area contributed by atoms with Gasteiger partial charge in [0, 0.05) is 25.7 Å². The number of carbonyl (C=O) groups excluding carboxylic acids is 1. The van der Waals surface area contributed by atoms with Crippen molar-refractivity contribution in [2.24, 2.45) is 23.5 Å². The Balaban J connectivity index is 1.72. The van der Waals surface area contributed by atoms with Gasteiger partial charge in [-0.2, -0.15) is 0 Å². The highest BCUT2D eigenvalue weighted by Crippen LogP contribution is 2.42. The molecule has 0 aromatic rings. The van der Waals surface area contributed by atoms with Crippen LogP contribution in [0.3, 0.4) is 0 Å². The zero-order chi connectivity index (χ0) is 13.6. The molecule has 1 amide bonds. The van der Waals surface area contributed by atoms with E-state index in [2.05, 4.69) is 24.1 Å². The number of likely N-dealkylation sites (tertiary alicyclic amines) is 1. The number of hydrogen-bond acceptors (Lipinski definition) is 3. The third kappa shape index (κ3) is 2.65. The van der Waals surface area contributed by atoms with E-state index in [1.54, 1.807) is 0 Å². The molecule has 4 nitrogen and oxygen atoms in total. The van der Waals surface area contributed by atoms with Gasteiger partial charge >= 0.3 is 0 Å². The minimum absolute atomic E-state index is 0.130. The van der Waals surface area contributed by atoms with Gasteiger partial charge in [0.05, 0.1) is 0 Å². The van der Waals surface area contributed by atoms with E-state index in [0.29, 0.717) is 12.0 Å². The van der Waals surface area contributed by atoms with Gasteiger partial charge in [0.1, 0.15) is 5.54 Å². The van der Waals surface area contributed by atoms with Crippen molar-refractivity contribution in [3.63, 3.8) is 0 Å². The van der Waals surface area contributed by atoms with Gasteiger partial charge in [-0.25, -0.2) is 0 Å². The minimum Gasteiger partial charge on any atom is -0.368 e. The quantitative estimate of drug-likeness (QED) is 0.752. The first kappa shape index (κ1) is 13.4. The second kappa shape index (κ2) is 4.74. The van der Waals surface area contributed by atoms with Gasteiger partial charge in [0.2, 0.25) is 5.91 Å². The topological polar surface area (TPSA) is 58.4 Å². The number of amides is 1. The maximum absolute atomic E-state index is 12.2. The maximum atomic E-state index is 12.2. The summed E-state index contributed by atoms with van der Waals surface area (Å²) >= 11 is 0. The van der Waals surface area contributed by atoms with Gasteiger partial charge in [-0.1, -0.05) is 13.8 Å². The van der Waals surface area contributed by atoms with Crippen molar-refractivity contribution in [2.45, 2.75) is 51.1 Å². The van der Waals surface area contributed by atoms with E-state index >= 15 is 0 Å². The monoisotopic (exact) mass is 265 g/mol. The lowest BCUT2D eigenvalue weighted by molar-refractivity contribution is -0.126. The summed E-state index contributed by atoms with van der Waals surface area (Å²) in [6.07, 6.45) is 4.71. The fourth-order valence-electron chi connectivity index (χ4n) is 3.54. The number of nitrogens with one attached hydrogen (secondary N) is 1. The van der Waals surface area contributed by atoms with Crippen LogP contribution in [-0.4, -0.2) is 42.0 Å². The molecule has 3 atom stereocenters. The van der Waals surface area contributed by atoms with E-state index in [0.717, 1.165) is 44.3 Å². The van der Waals surface area contributed by atoms with Crippen LogP contribution in [0.5, 0.6) is 0 Å². The molecule has 0 radical (unpaired) electrons. The molecule has 0 spiro atoms. The van der Waals surface area contributed by atoms with E-state index in [1.807, 2.05) is 0 Å². The molecule has 0 aromatic heterocycles. The van der Waals surface area contributed by atoms with Crippen molar-refractivity contribution in [1.29, 1.82) is 0 Å². The third-order valence-corrected chi connectivity index (χ3v) is 5.29. The third-order valence-electron chi connectivity index (χ3n) is 5.29. The molecule has 3 aliphatic rings. The molecule has 3 rings (SSSR count). The van der Waals surface area contributed by atoms with Crippen LogP contribution in [0.15, 0.2) is 0 Å². The Morgan fingerprint density at radius 1 is 1.21 bits per heavy atom. The van der Waals surface area contributed by atoms with Gasteiger partial charge < -0.3 is 10.6 Å². The Morgan fingerprint density at radius 2 is 1.79 bits per heavy atom. The van der Waals surface area contributed by atoms with Gasteiger partial charge in [0.25, 0.3) is 0 Å². The molecule has 4 heteroatoms. The lowest BCUT2D eigenvalue weighted by atomic mass is 9.91. The molecule has 1 aliphatic heterocycles. The summed E-state index contributed by atoms with van der Waals surface area (Å²) in [5.74, 6) is 1.79. The molecular formula is C15H27N3O. The van der Waals surface area contributed by atoms with Crippen LogP contribution in [0, 0.1) is 17.8 Å². The average molecular weight is 265 g/mol. The number of primary amides is 1. The molecule has 19 heavy (non-hydrogen) atoms. The van der Waals surface area contributed by atoms with E-state index in [9.17, 15) is 4.79 Å². The lowest BCUT2D eigenvalue weighted by Crippen LogP contribution is -2.63. The highest BCUT2D eigenvalue weighted by atomic mass is 16.1. The van der Waals surface area contributed by atoms with Crippen LogP contribution in [0.2, 0.25) is 0 Å². The van der Waals surface area contributed by atoms with Crippen molar-refractivity contribution in [1.82, 2.24) is 10.2 Å². The zero-order valence-corrected chi connectivity index (χ0v) is 12.2. The molecule has 2 aliphatic carbocycles. The fraction of sp³-hybridized carbons (Fsp3) is 0.933. The number of nitrogens with two attached hydrogens (primary N) is 1. The van der Waals surface area contributed by atoms with Crippen LogP contribution in [-0.2, 0) is 4.79 Å². The van der Waals surface area contributed by atoms with E-state index < -0.39 is 5.54 Å². The number of carbonyl (C=O) groups is 1. The normalized spacial score (nSPS) is 35.3. The van der Waals surface area contributed by atoms with E-state index in [-0.39, 0.29) is 5.91 Å². The Kier molecular flexibility index (Phi) is 3.34. The molecule has 3 N–H and O–H groups in total. The van der Waals surface area contributed by atoms with Crippen LogP contribution in [0.25, 0.3) is 0 Å². The summed E-state index contributed by atoms with van der Waals surface area (Å²) in [6.45, 7) is 7.65. The first-order chi connectivity index (χ1) is 9.01. The van der Waals surface area contributed by atoms with E-state index in [1.165, 1.54) is 12.8 Å². The minimum atomic E-state index is -0.453. The zero-order valence-electron chi connectivity index (χ0n) is 12.2. The van der Waals surface area contributed by atoms with Crippen LogP contribution in [0.4, 0.5) is 0 Å². The Bertz CT molecular complexity index is 354. The molecule has 2 saturated carbocycles. The summed E-state index contributed by atoms with van der Waals surface area (Å²) in [5.41, 5.74) is 5.35. The number of rotatable bonds is 6. The highest BCUT2D eigenvalue weighted by molar-refractivity contribution is 5.86. The molecule has 3 fully saturated rings. The molecule has 1 heterocycles. The number of hydrogen-bond donors (Lipinski definition) is 2. The molecule has 3 unspecified atom stereocenters. The summed E-state index contributed by atoms with van der Waals surface area (Å²) in [4.78, 5) is 14.6. The number of nitrogens with zero attached hydrogens (tertiary/aromatic N) is 1. The van der Waals surface area contributed by atoms with Crippen molar-refractivity contribution >= 4 is 5.91 Å². The summed E-state index contributed by atoms with van der Waals surface area (Å²) in [7, 11) is 0. The smallest absolute Gasteiger partial charge is 0.239 e. The largest absolute Gasteiger partial charge is 0.368 e. The Hall–Kier alpha value is -0.610. The summed E-state index contributed by atoms with van der Waals surface area (Å²) in [6, 6.07) is 0.533. The highest BCUT2D eigenvalue weighted by Gasteiger charge is 2.53. The van der Waals surface area contributed by atoms with Gasteiger partial charge in [-0.05, 0) is 43.4 Å². The molecular weight excluding hydrogens is 238 g/mol. The van der Waals surface area contributed by atoms with Crippen LogP contribution >= 0.6 is 0 Å². The Morgan fingerprint density at radius 3 is 2.21 bits per heavy atom. The predicted molar refractivity (Wildman–Crippen MR) is 75.6 cm³/mol. The first-order valence-electron chi connectivity index (χ1n) is 7.81. The second-order valence-electron chi connectivity index (χ2n) is 7.18. The molecule has 1 saturated heterocycles. The summed E-state index contributed by atoms with van der Waals surface area (Å²) < 4.78 is 0. The maximum Gasteiger partial charge on any atom is 0.239 e. The molecule has 0 bridgehead atoms. The van der Waals surface area contributed by atoms with Crippen molar-refractivity contribution in [3.05, 3.63) is 0 Å². The van der Waals surface area contributed by atoms with E-state index in [4.69, 9.17) is 5.73 Å². The SMILES string of the molecule is CC1CN(CC(NC2CC2)(C(N)=O)C2CC2)CC1C. The van der Waals surface area contributed by atoms with Gasteiger partial charge in [-0.3, -0.25) is 10.1 Å². The van der Waals surface area contributed by atoms with Crippen molar-refractivity contribution in [3.8, 4) is 0 Å². The van der Waals surface area contributed by atoms with Gasteiger partial charge in [-0.15, -0.1) is 0 Å². The van der Waals surface area contributed by atoms with Crippen molar-refractivity contribution < 1.29 is 4.79 Å². The van der Waals surface area contributed by atoms with Crippen LogP contribution < -0.4 is 11.1 Å². The standard InChI is InChI=1S/C15H27N3O/c1-10-7-18(8-11(10)2)9-15(14(16)19,12-3-4-12)17-13-5-6-13/h10-13,17H,3-9H2,1-2H3,(H2,16,19). The van der Waals surface area contributed by atoms with Gasteiger partial charge in [0.15, 0.2) is 0 Å². The average Bonchev–Trinajstić information content (AvgIpc) is 3.21. The lowest BCUT2D eigenvalue weighted by Gasteiger charge is -2.36. The summed E-state index contributed by atoms with van der Waals surface area (Å²) in [5, 5.41) is 3.61. The van der Waals surface area contributed by atoms with Crippen LogP contribution in [0.1, 0.15) is 39.5 Å². The predicted octanol–water partition coefficient (Wildman–Crippen LogP) is 0.960. The van der Waals surface area contributed by atoms with Crippen molar-refractivity contribution in [2.75, 3.05) is 19.6 Å². The Labute approximate surface area is 116 Å². The first-order valence-corrected chi connectivity index (χ1v) is 7.81. The second-order valence-corrected chi connectivity index (χ2v) is 7.18. The molecule has 0 aromatic carbocycles. The molecule has 108 valence electrons. The fourth-order valence-corrected chi connectivity index (χ4v) is 3.54.